The molecule has 1 N–H and O–H groups in total. The zero-order valence-corrected chi connectivity index (χ0v) is 11.9. The number of hydrogen-bond donors (Lipinski definition) is 1. The lowest BCUT2D eigenvalue weighted by Gasteiger charge is -2.06. The summed E-state index contributed by atoms with van der Waals surface area (Å²) in [5, 5.41) is 2.77. The van der Waals surface area contributed by atoms with Crippen molar-refractivity contribution in [1.29, 1.82) is 0 Å². The molecule has 2 rings (SSSR count). The van der Waals surface area contributed by atoms with Crippen molar-refractivity contribution in [1.82, 2.24) is 0 Å². The maximum absolute atomic E-state index is 11.6. The van der Waals surface area contributed by atoms with Gasteiger partial charge in [-0.3, -0.25) is 4.79 Å². The molecule has 0 aromatic heterocycles. The third-order valence-electron chi connectivity index (χ3n) is 2.47. The van der Waals surface area contributed by atoms with Crippen molar-refractivity contribution in [2.24, 2.45) is 0 Å². The van der Waals surface area contributed by atoms with Crippen molar-refractivity contribution in [2.75, 3.05) is 11.9 Å². The first-order valence-corrected chi connectivity index (χ1v) is 6.70. The Kier molecular flexibility index (Phi) is 5.12. The molecular weight excluding hydrogens is 306 g/mol. The number of carbonyl (C=O) groups excluding carboxylic acids is 1. The largest absolute Gasteiger partial charge is 0.367 e. The van der Waals surface area contributed by atoms with Crippen LogP contribution in [-0.2, 0) is 16.1 Å². The van der Waals surface area contributed by atoms with E-state index in [9.17, 15) is 4.79 Å². The Hall–Kier alpha value is -1.65. The Bertz CT molecular complexity index is 526. The summed E-state index contributed by atoms with van der Waals surface area (Å²) in [4.78, 5) is 11.6. The molecule has 0 saturated carbocycles. The van der Waals surface area contributed by atoms with Gasteiger partial charge in [0.2, 0.25) is 5.91 Å². The van der Waals surface area contributed by atoms with Crippen LogP contribution in [0.4, 0.5) is 5.69 Å². The molecule has 2 aromatic rings. The minimum atomic E-state index is -0.150. The van der Waals surface area contributed by atoms with E-state index in [0.29, 0.717) is 6.61 Å². The molecule has 0 radical (unpaired) electrons. The van der Waals surface area contributed by atoms with E-state index in [1.807, 2.05) is 54.6 Å². The Morgan fingerprint density at radius 2 is 1.74 bits per heavy atom. The molecule has 0 spiro atoms. The van der Waals surface area contributed by atoms with E-state index in [0.717, 1.165) is 15.7 Å². The van der Waals surface area contributed by atoms with E-state index >= 15 is 0 Å². The standard InChI is InChI=1S/C15H14BrNO2/c16-13-8-6-12(7-9-13)10-19-11-15(18)17-14-4-2-1-3-5-14/h1-9H,10-11H2,(H,17,18). The van der Waals surface area contributed by atoms with E-state index in [4.69, 9.17) is 4.74 Å². The number of nitrogens with one attached hydrogen (secondary N) is 1. The van der Waals surface area contributed by atoms with Crippen LogP contribution in [0, 0.1) is 0 Å². The molecule has 0 fully saturated rings. The number of carbonyl (C=O) groups is 1. The molecular formula is C15H14BrNO2. The molecule has 2 aromatic carbocycles. The third-order valence-corrected chi connectivity index (χ3v) is 3.00. The summed E-state index contributed by atoms with van der Waals surface area (Å²) < 4.78 is 6.39. The van der Waals surface area contributed by atoms with E-state index in [-0.39, 0.29) is 12.5 Å². The van der Waals surface area contributed by atoms with Gasteiger partial charge in [0.15, 0.2) is 0 Å². The average Bonchev–Trinajstić information content (AvgIpc) is 2.42. The van der Waals surface area contributed by atoms with E-state index in [1.54, 1.807) is 0 Å². The van der Waals surface area contributed by atoms with Gasteiger partial charge >= 0.3 is 0 Å². The van der Waals surface area contributed by atoms with Crippen molar-refractivity contribution >= 4 is 27.5 Å². The monoisotopic (exact) mass is 319 g/mol. The molecule has 0 aliphatic heterocycles. The van der Waals surface area contributed by atoms with E-state index in [1.165, 1.54) is 0 Å². The Morgan fingerprint density at radius 3 is 2.42 bits per heavy atom. The van der Waals surface area contributed by atoms with Crippen molar-refractivity contribution in [3.8, 4) is 0 Å². The first-order valence-electron chi connectivity index (χ1n) is 5.91. The predicted octanol–water partition coefficient (Wildman–Crippen LogP) is 3.60. The fourth-order valence-corrected chi connectivity index (χ4v) is 1.83. The van der Waals surface area contributed by atoms with Gasteiger partial charge in [0, 0.05) is 10.2 Å². The highest BCUT2D eigenvalue weighted by Gasteiger charge is 2.02. The van der Waals surface area contributed by atoms with Crippen LogP contribution in [0.2, 0.25) is 0 Å². The maximum atomic E-state index is 11.6. The highest BCUT2D eigenvalue weighted by Crippen LogP contribution is 2.11. The van der Waals surface area contributed by atoms with Crippen LogP contribution >= 0.6 is 15.9 Å². The van der Waals surface area contributed by atoms with Gasteiger partial charge in [0.25, 0.3) is 0 Å². The minimum Gasteiger partial charge on any atom is -0.367 e. The lowest BCUT2D eigenvalue weighted by Crippen LogP contribution is -2.18. The zero-order valence-electron chi connectivity index (χ0n) is 10.3. The fraction of sp³-hybridized carbons (Fsp3) is 0.133. The quantitative estimate of drug-likeness (QED) is 0.914. The zero-order chi connectivity index (χ0) is 13.5. The number of anilines is 1. The topological polar surface area (TPSA) is 38.3 Å². The van der Waals surface area contributed by atoms with E-state index < -0.39 is 0 Å². The molecule has 0 atom stereocenters. The van der Waals surface area contributed by atoms with Crippen LogP contribution in [0.1, 0.15) is 5.56 Å². The SMILES string of the molecule is O=C(COCc1ccc(Br)cc1)Nc1ccccc1. The van der Waals surface area contributed by atoms with Crippen molar-refractivity contribution in [3.05, 3.63) is 64.6 Å². The van der Waals surface area contributed by atoms with Crippen LogP contribution in [-0.4, -0.2) is 12.5 Å². The molecule has 3 nitrogen and oxygen atoms in total. The lowest BCUT2D eigenvalue weighted by molar-refractivity contribution is -0.121. The summed E-state index contributed by atoms with van der Waals surface area (Å²) in [7, 11) is 0. The van der Waals surface area contributed by atoms with Gasteiger partial charge in [-0.25, -0.2) is 0 Å². The Labute approximate surface area is 120 Å². The maximum Gasteiger partial charge on any atom is 0.250 e. The molecule has 1 amide bonds. The molecule has 0 saturated heterocycles. The van der Waals surface area contributed by atoms with Crippen molar-refractivity contribution < 1.29 is 9.53 Å². The first-order chi connectivity index (χ1) is 9.24. The lowest BCUT2D eigenvalue weighted by atomic mass is 10.2. The highest BCUT2D eigenvalue weighted by atomic mass is 79.9. The van der Waals surface area contributed by atoms with Crippen LogP contribution in [0.25, 0.3) is 0 Å². The summed E-state index contributed by atoms with van der Waals surface area (Å²) >= 11 is 3.37. The van der Waals surface area contributed by atoms with Gasteiger partial charge in [0.1, 0.15) is 6.61 Å². The molecule has 0 bridgehead atoms. The van der Waals surface area contributed by atoms with Crippen molar-refractivity contribution in [2.45, 2.75) is 6.61 Å². The molecule has 0 aliphatic carbocycles. The number of para-hydroxylation sites is 1. The summed E-state index contributed by atoms with van der Waals surface area (Å²) in [6.07, 6.45) is 0. The van der Waals surface area contributed by atoms with Crippen LogP contribution in [0.5, 0.6) is 0 Å². The fourth-order valence-electron chi connectivity index (χ4n) is 1.56. The second-order valence-electron chi connectivity index (χ2n) is 4.03. The molecule has 0 unspecified atom stereocenters. The van der Waals surface area contributed by atoms with Gasteiger partial charge in [0.05, 0.1) is 6.61 Å². The smallest absolute Gasteiger partial charge is 0.250 e. The average molecular weight is 320 g/mol. The Balaban J connectivity index is 1.74. The minimum absolute atomic E-state index is 0.0466. The second-order valence-corrected chi connectivity index (χ2v) is 4.95. The second kappa shape index (κ2) is 7.07. The number of amides is 1. The van der Waals surface area contributed by atoms with Crippen LogP contribution in [0.15, 0.2) is 59.1 Å². The number of halogens is 1. The first kappa shape index (κ1) is 13.8. The number of benzene rings is 2. The predicted molar refractivity (Wildman–Crippen MR) is 78.9 cm³/mol. The van der Waals surface area contributed by atoms with Crippen LogP contribution in [0.3, 0.4) is 0 Å². The summed E-state index contributed by atoms with van der Waals surface area (Å²) in [5.74, 6) is -0.150. The van der Waals surface area contributed by atoms with Gasteiger partial charge in [-0.15, -0.1) is 0 Å². The van der Waals surface area contributed by atoms with Crippen molar-refractivity contribution in [3.63, 3.8) is 0 Å². The molecule has 0 aliphatic rings. The normalized spacial score (nSPS) is 10.2. The van der Waals surface area contributed by atoms with Gasteiger partial charge < -0.3 is 10.1 Å². The number of rotatable bonds is 5. The van der Waals surface area contributed by atoms with E-state index in [2.05, 4.69) is 21.2 Å². The summed E-state index contributed by atoms with van der Waals surface area (Å²) in [6, 6.07) is 17.1. The van der Waals surface area contributed by atoms with Gasteiger partial charge in [-0.1, -0.05) is 46.3 Å². The molecule has 19 heavy (non-hydrogen) atoms. The molecule has 98 valence electrons. The summed E-state index contributed by atoms with van der Waals surface area (Å²) in [5.41, 5.74) is 1.82. The Morgan fingerprint density at radius 1 is 1.05 bits per heavy atom. The highest BCUT2D eigenvalue weighted by molar-refractivity contribution is 9.10. The third kappa shape index (κ3) is 4.85. The van der Waals surface area contributed by atoms with Gasteiger partial charge in [-0.05, 0) is 29.8 Å². The van der Waals surface area contributed by atoms with Gasteiger partial charge in [-0.2, -0.15) is 0 Å². The number of hydrogen-bond acceptors (Lipinski definition) is 2. The number of ether oxygens (including phenoxy) is 1. The van der Waals surface area contributed by atoms with Crippen LogP contribution < -0.4 is 5.32 Å². The summed E-state index contributed by atoms with van der Waals surface area (Å²) in [6.45, 7) is 0.473. The molecule has 0 heterocycles. The molecule has 4 heteroatoms.